The molecule has 4 heteroatoms. The van der Waals surface area contributed by atoms with Crippen LogP contribution in [-0.4, -0.2) is 29.1 Å². The minimum absolute atomic E-state index is 0.00762. The maximum absolute atomic E-state index is 11.1. The molecule has 2 aromatic carbocycles. The topological polar surface area (TPSA) is 53.7 Å². The van der Waals surface area contributed by atoms with Crippen molar-refractivity contribution in [1.82, 2.24) is 4.90 Å². The standard InChI is InChI=1S/C22H23NO3/c1-22(18-6-3-2-4-7-18)10-5-11-23(15-22)14-16-8-9-19-17(12-16)13-20(26-19)21(24)25/h2-4,6-9,12-13H,5,10-11,14-15H2,1H3,(H,24,25). The van der Waals surface area contributed by atoms with Crippen LogP contribution in [-0.2, 0) is 12.0 Å². The fourth-order valence-corrected chi connectivity index (χ4v) is 4.11. The molecule has 0 radical (unpaired) electrons. The quantitative estimate of drug-likeness (QED) is 0.743. The van der Waals surface area contributed by atoms with E-state index in [0.717, 1.165) is 25.0 Å². The molecule has 4 nitrogen and oxygen atoms in total. The number of furan rings is 1. The van der Waals surface area contributed by atoms with E-state index >= 15 is 0 Å². The van der Waals surface area contributed by atoms with Gasteiger partial charge in [0.05, 0.1) is 0 Å². The van der Waals surface area contributed by atoms with Gasteiger partial charge in [-0.05, 0) is 48.7 Å². The van der Waals surface area contributed by atoms with Crippen LogP contribution in [0, 0.1) is 0 Å². The largest absolute Gasteiger partial charge is 0.475 e. The second-order valence-electron chi connectivity index (χ2n) is 7.53. The predicted molar refractivity (Wildman–Crippen MR) is 101 cm³/mol. The Hall–Kier alpha value is -2.59. The Labute approximate surface area is 153 Å². The van der Waals surface area contributed by atoms with Gasteiger partial charge in [-0.25, -0.2) is 4.79 Å². The van der Waals surface area contributed by atoms with Crippen LogP contribution < -0.4 is 0 Å². The van der Waals surface area contributed by atoms with Crippen LogP contribution in [0.5, 0.6) is 0 Å². The Bertz CT molecular complexity index is 931. The number of fused-ring (bicyclic) bond motifs is 1. The van der Waals surface area contributed by atoms with Gasteiger partial charge in [0.25, 0.3) is 0 Å². The predicted octanol–water partition coefficient (Wildman–Crippen LogP) is 4.68. The van der Waals surface area contributed by atoms with Crippen molar-refractivity contribution >= 4 is 16.9 Å². The lowest BCUT2D eigenvalue weighted by atomic mass is 9.76. The van der Waals surface area contributed by atoms with Gasteiger partial charge in [0, 0.05) is 23.9 Å². The highest BCUT2D eigenvalue weighted by Crippen LogP contribution is 2.34. The molecule has 3 aromatic rings. The van der Waals surface area contributed by atoms with E-state index < -0.39 is 5.97 Å². The summed E-state index contributed by atoms with van der Waals surface area (Å²) in [6.45, 7) is 5.34. The van der Waals surface area contributed by atoms with Gasteiger partial charge in [-0.3, -0.25) is 4.90 Å². The van der Waals surface area contributed by atoms with Crippen molar-refractivity contribution < 1.29 is 14.3 Å². The molecule has 0 aliphatic carbocycles. The lowest BCUT2D eigenvalue weighted by molar-refractivity contribution is 0.0665. The van der Waals surface area contributed by atoms with Gasteiger partial charge < -0.3 is 9.52 Å². The number of nitrogens with zero attached hydrogens (tertiary/aromatic N) is 1. The molecule has 26 heavy (non-hydrogen) atoms. The van der Waals surface area contributed by atoms with E-state index in [9.17, 15) is 4.79 Å². The van der Waals surface area contributed by atoms with Crippen molar-refractivity contribution in [3.8, 4) is 0 Å². The molecule has 1 aliphatic heterocycles. The van der Waals surface area contributed by atoms with Gasteiger partial charge in [-0.1, -0.05) is 43.3 Å². The zero-order valence-corrected chi connectivity index (χ0v) is 14.9. The average molecular weight is 349 g/mol. The second-order valence-corrected chi connectivity index (χ2v) is 7.53. The molecule has 1 N–H and O–H groups in total. The maximum atomic E-state index is 11.1. The number of benzene rings is 2. The molecule has 1 aliphatic rings. The summed E-state index contributed by atoms with van der Waals surface area (Å²) in [5, 5.41) is 9.93. The fourth-order valence-electron chi connectivity index (χ4n) is 4.11. The van der Waals surface area contributed by atoms with Crippen molar-refractivity contribution in [2.45, 2.75) is 31.7 Å². The molecule has 134 valence electrons. The lowest BCUT2D eigenvalue weighted by Crippen LogP contribution is -2.43. The first-order valence-corrected chi connectivity index (χ1v) is 9.07. The third-order valence-corrected chi connectivity index (χ3v) is 5.44. The molecule has 2 heterocycles. The number of carboxylic acids is 1. The van der Waals surface area contributed by atoms with Crippen LogP contribution in [0.3, 0.4) is 0 Å². The molecule has 0 spiro atoms. The Morgan fingerprint density at radius 1 is 1.19 bits per heavy atom. The molecular formula is C22H23NO3. The monoisotopic (exact) mass is 349 g/mol. The van der Waals surface area contributed by atoms with Gasteiger partial charge in [0.2, 0.25) is 5.76 Å². The zero-order chi connectivity index (χ0) is 18.1. The number of rotatable bonds is 4. The minimum atomic E-state index is -1.03. The van der Waals surface area contributed by atoms with E-state index in [2.05, 4.69) is 42.2 Å². The highest BCUT2D eigenvalue weighted by atomic mass is 16.4. The first kappa shape index (κ1) is 16.9. The molecule has 1 saturated heterocycles. The van der Waals surface area contributed by atoms with Crippen molar-refractivity contribution in [2.75, 3.05) is 13.1 Å². The second kappa shape index (κ2) is 6.61. The van der Waals surface area contributed by atoms with Gasteiger partial charge in [0.15, 0.2) is 0 Å². The summed E-state index contributed by atoms with van der Waals surface area (Å²) in [6.07, 6.45) is 2.39. The van der Waals surface area contributed by atoms with Gasteiger partial charge in [0.1, 0.15) is 5.58 Å². The fraction of sp³-hybridized carbons (Fsp3) is 0.318. The van der Waals surface area contributed by atoms with E-state index in [-0.39, 0.29) is 11.2 Å². The van der Waals surface area contributed by atoms with E-state index in [0.29, 0.717) is 5.58 Å². The molecule has 0 saturated carbocycles. The Morgan fingerprint density at radius 3 is 2.77 bits per heavy atom. The third-order valence-electron chi connectivity index (χ3n) is 5.44. The van der Waals surface area contributed by atoms with Gasteiger partial charge >= 0.3 is 5.97 Å². The van der Waals surface area contributed by atoms with E-state index in [1.165, 1.54) is 24.0 Å². The SMILES string of the molecule is CC1(c2ccccc2)CCCN(Cc2ccc3oc(C(=O)O)cc3c2)C1. The number of carbonyl (C=O) groups is 1. The molecule has 0 bridgehead atoms. The molecule has 1 fully saturated rings. The normalized spacial score (nSPS) is 21.1. The van der Waals surface area contributed by atoms with Crippen LogP contribution in [0.2, 0.25) is 0 Å². The van der Waals surface area contributed by atoms with Crippen LogP contribution in [0.25, 0.3) is 11.0 Å². The van der Waals surface area contributed by atoms with Crippen LogP contribution in [0.1, 0.15) is 41.4 Å². The zero-order valence-electron chi connectivity index (χ0n) is 14.9. The summed E-state index contributed by atoms with van der Waals surface area (Å²) in [7, 11) is 0. The lowest BCUT2D eigenvalue weighted by Gasteiger charge is -2.41. The summed E-state index contributed by atoms with van der Waals surface area (Å²) >= 11 is 0. The summed E-state index contributed by atoms with van der Waals surface area (Å²) in [5.41, 5.74) is 3.39. The molecular weight excluding hydrogens is 326 g/mol. The van der Waals surface area contributed by atoms with Crippen LogP contribution in [0.15, 0.2) is 59.0 Å². The van der Waals surface area contributed by atoms with Crippen molar-refractivity contribution in [3.05, 3.63) is 71.5 Å². The minimum Gasteiger partial charge on any atom is -0.475 e. The highest BCUT2D eigenvalue weighted by molar-refractivity contribution is 5.91. The van der Waals surface area contributed by atoms with E-state index in [1.54, 1.807) is 6.07 Å². The maximum Gasteiger partial charge on any atom is 0.371 e. The van der Waals surface area contributed by atoms with Gasteiger partial charge in [-0.2, -0.15) is 0 Å². The van der Waals surface area contributed by atoms with Crippen LogP contribution >= 0.6 is 0 Å². The van der Waals surface area contributed by atoms with Crippen molar-refractivity contribution in [2.24, 2.45) is 0 Å². The molecule has 4 rings (SSSR count). The summed E-state index contributed by atoms with van der Waals surface area (Å²) in [6, 6.07) is 18.3. The Morgan fingerprint density at radius 2 is 2.00 bits per heavy atom. The van der Waals surface area contributed by atoms with E-state index in [1.807, 2.05) is 18.2 Å². The number of hydrogen-bond donors (Lipinski definition) is 1. The highest BCUT2D eigenvalue weighted by Gasteiger charge is 2.32. The first-order chi connectivity index (χ1) is 12.5. The Kier molecular flexibility index (Phi) is 4.29. The molecule has 1 unspecified atom stereocenters. The summed E-state index contributed by atoms with van der Waals surface area (Å²) < 4.78 is 5.35. The average Bonchev–Trinajstić information content (AvgIpc) is 3.06. The first-order valence-electron chi connectivity index (χ1n) is 9.07. The Balaban J connectivity index is 1.53. The molecule has 0 amide bonds. The number of likely N-dealkylation sites (tertiary alicyclic amines) is 1. The van der Waals surface area contributed by atoms with Crippen molar-refractivity contribution in [1.29, 1.82) is 0 Å². The molecule has 1 aromatic heterocycles. The number of aromatic carboxylic acids is 1. The molecule has 1 atom stereocenters. The smallest absolute Gasteiger partial charge is 0.371 e. The third kappa shape index (κ3) is 3.25. The van der Waals surface area contributed by atoms with Crippen molar-refractivity contribution in [3.63, 3.8) is 0 Å². The van der Waals surface area contributed by atoms with Crippen LogP contribution in [0.4, 0.5) is 0 Å². The number of carboxylic acid groups (broad SMARTS) is 1. The van der Waals surface area contributed by atoms with E-state index in [4.69, 9.17) is 9.52 Å². The van der Waals surface area contributed by atoms with Gasteiger partial charge in [-0.15, -0.1) is 0 Å². The summed E-state index contributed by atoms with van der Waals surface area (Å²) in [4.78, 5) is 13.6. The summed E-state index contributed by atoms with van der Waals surface area (Å²) in [5.74, 6) is -1.04. The number of piperidine rings is 1. The number of hydrogen-bond acceptors (Lipinski definition) is 3.